The third-order valence-corrected chi connectivity index (χ3v) is 4.73. The summed E-state index contributed by atoms with van der Waals surface area (Å²) in [5, 5.41) is 0. The average Bonchev–Trinajstić information content (AvgIpc) is 2.64. The monoisotopic (exact) mass is 447 g/mol. The molecular weight excluding hydrogens is 422 g/mol. The molecule has 2 aromatic rings. The molecule has 0 aliphatic heterocycles. The Bertz CT molecular complexity index is 802. The molecule has 0 bridgehead atoms. The van der Waals surface area contributed by atoms with E-state index in [2.05, 4.69) is 15.9 Å². The molecule has 0 aliphatic rings. The molecule has 0 heterocycles. The molecule has 5 nitrogen and oxygen atoms in total. The van der Waals surface area contributed by atoms with Crippen LogP contribution in [0.5, 0.6) is 0 Å². The highest BCUT2D eigenvalue weighted by atomic mass is 79.9. The largest absolute Gasteiger partial charge is 0.458 e. The topological polar surface area (TPSA) is 55.8 Å². The third-order valence-electron chi connectivity index (χ3n) is 3.95. The molecule has 1 amide bonds. The molecule has 0 aliphatic carbocycles. The van der Waals surface area contributed by atoms with Crippen molar-refractivity contribution >= 4 is 28.0 Å². The Labute approximate surface area is 174 Å². The van der Waals surface area contributed by atoms with E-state index in [4.69, 9.17) is 9.47 Å². The number of benzene rings is 2. The van der Waals surface area contributed by atoms with Crippen molar-refractivity contribution in [3.63, 3.8) is 0 Å². The zero-order valence-corrected chi connectivity index (χ0v) is 18.2. The Morgan fingerprint density at radius 1 is 1.04 bits per heavy atom. The van der Waals surface area contributed by atoms with Crippen molar-refractivity contribution in [3.8, 4) is 0 Å². The van der Waals surface area contributed by atoms with Crippen LogP contribution in [0.4, 0.5) is 4.79 Å². The van der Waals surface area contributed by atoms with Crippen LogP contribution < -0.4 is 0 Å². The first-order valence-electron chi connectivity index (χ1n) is 9.11. The fraction of sp³-hybridized carbons (Fsp3) is 0.364. The molecule has 0 saturated heterocycles. The molecule has 0 aromatic heterocycles. The molecule has 0 N–H and O–H groups in total. The van der Waals surface area contributed by atoms with Crippen LogP contribution in [0.25, 0.3) is 0 Å². The van der Waals surface area contributed by atoms with Crippen molar-refractivity contribution in [2.75, 3.05) is 0 Å². The Hall–Kier alpha value is -2.34. The van der Waals surface area contributed by atoms with Crippen molar-refractivity contribution in [3.05, 3.63) is 70.2 Å². The standard InChI is InChI=1S/C22H26BrNO4/c1-16(20(25)28-22(2,3)4)24(14-18-12-8-9-13-19(18)23)21(26)27-15-17-10-6-5-7-11-17/h5-13,16H,14-15H2,1-4H3. The van der Waals surface area contributed by atoms with Gasteiger partial charge in [0.2, 0.25) is 0 Å². The van der Waals surface area contributed by atoms with E-state index in [-0.39, 0.29) is 13.2 Å². The number of amides is 1. The van der Waals surface area contributed by atoms with Gasteiger partial charge in [0.15, 0.2) is 0 Å². The van der Waals surface area contributed by atoms with Crippen LogP contribution in [0, 0.1) is 0 Å². The summed E-state index contributed by atoms with van der Waals surface area (Å²) in [5.74, 6) is -0.476. The number of halogens is 1. The van der Waals surface area contributed by atoms with Crippen LogP contribution in [-0.4, -0.2) is 28.6 Å². The maximum Gasteiger partial charge on any atom is 0.411 e. The van der Waals surface area contributed by atoms with E-state index in [9.17, 15) is 9.59 Å². The van der Waals surface area contributed by atoms with Gasteiger partial charge in [-0.15, -0.1) is 0 Å². The number of hydrogen-bond acceptors (Lipinski definition) is 4. The Morgan fingerprint density at radius 2 is 1.64 bits per heavy atom. The quantitative estimate of drug-likeness (QED) is 0.562. The second-order valence-electron chi connectivity index (χ2n) is 7.47. The summed E-state index contributed by atoms with van der Waals surface area (Å²) < 4.78 is 11.8. The normalized spacial score (nSPS) is 12.2. The van der Waals surface area contributed by atoms with Gasteiger partial charge in [0.05, 0.1) is 6.54 Å². The lowest BCUT2D eigenvalue weighted by atomic mass is 10.1. The van der Waals surface area contributed by atoms with Gasteiger partial charge in [0, 0.05) is 4.47 Å². The van der Waals surface area contributed by atoms with E-state index in [1.54, 1.807) is 27.7 Å². The zero-order chi connectivity index (χ0) is 20.7. The first kappa shape index (κ1) is 22.0. The molecule has 2 rings (SSSR count). The summed E-state index contributed by atoms with van der Waals surface area (Å²) in [7, 11) is 0. The fourth-order valence-electron chi connectivity index (χ4n) is 2.49. The lowest BCUT2D eigenvalue weighted by Gasteiger charge is -2.30. The molecule has 28 heavy (non-hydrogen) atoms. The molecule has 0 saturated carbocycles. The summed E-state index contributed by atoms with van der Waals surface area (Å²) in [5.41, 5.74) is 1.11. The van der Waals surface area contributed by atoms with Gasteiger partial charge in [0.1, 0.15) is 18.2 Å². The van der Waals surface area contributed by atoms with Crippen LogP contribution in [0.2, 0.25) is 0 Å². The van der Waals surface area contributed by atoms with Gasteiger partial charge in [-0.1, -0.05) is 64.5 Å². The smallest absolute Gasteiger partial charge is 0.411 e. The van der Waals surface area contributed by atoms with Crippen molar-refractivity contribution in [1.82, 2.24) is 4.90 Å². The van der Waals surface area contributed by atoms with Crippen molar-refractivity contribution in [2.45, 2.75) is 52.5 Å². The van der Waals surface area contributed by atoms with Crippen LogP contribution in [0.3, 0.4) is 0 Å². The van der Waals surface area contributed by atoms with Crippen LogP contribution in [0.1, 0.15) is 38.8 Å². The minimum atomic E-state index is -0.797. The van der Waals surface area contributed by atoms with E-state index >= 15 is 0 Å². The van der Waals surface area contributed by atoms with Gasteiger partial charge in [0.25, 0.3) is 0 Å². The predicted octanol–water partition coefficient (Wildman–Crippen LogP) is 5.32. The summed E-state index contributed by atoms with van der Waals surface area (Å²) >= 11 is 3.49. The highest BCUT2D eigenvalue weighted by Gasteiger charge is 2.31. The summed E-state index contributed by atoms with van der Waals surface area (Å²) in [4.78, 5) is 26.8. The predicted molar refractivity (Wildman–Crippen MR) is 112 cm³/mol. The summed E-state index contributed by atoms with van der Waals surface area (Å²) in [6.45, 7) is 7.38. The van der Waals surface area contributed by atoms with Gasteiger partial charge in [-0.2, -0.15) is 0 Å². The highest BCUT2D eigenvalue weighted by molar-refractivity contribution is 9.10. The Balaban J connectivity index is 2.18. The third kappa shape index (κ3) is 6.68. The second-order valence-corrected chi connectivity index (χ2v) is 8.32. The van der Waals surface area contributed by atoms with Crippen molar-refractivity contribution < 1.29 is 19.1 Å². The lowest BCUT2D eigenvalue weighted by molar-refractivity contribution is -0.160. The maximum atomic E-state index is 12.8. The van der Waals surface area contributed by atoms with E-state index in [1.165, 1.54) is 4.90 Å². The summed E-state index contributed by atoms with van der Waals surface area (Å²) in [6, 6.07) is 16.2. The number of nitrogens with zero attached hydrogens (tertiary/aromatic N) is 1. The SMILES string of the molecule is CC(C(=O)OC(C)(C)C)N(Cc1ccccc1Br)C(=O)OCc1ccccc1. The molecule has 0 fully saturated rings. The number of carbonyl (C=O) groups excluding carboxylic acids is 2. The highest BCUT2D eigenvalue weighted by Crippen LogP contribution is 2.21. The van der Waals surface area contributed by atoms with Gasteiger partial charge in [-0.3, -0.25) is 4.90 Å². The number of hydrogen-bond donors (Lipinski definition) is 0. The first-order chi connectivity index (χ1) is 13.2. The van der Waals surface area contributed by atoms with Crippen LogP contribution >= 0.6 is 15.9 Å². The van der Waals surface area contributed by atoms with Crippen LogP contribution in [-0.2, 0) is 27.4 Å². The minimum absolute atomic E-state index is 0.132. The number of carbonyl (C=O) groups is 2. The van der Waals surface area contributed by atoms with Gasteiger partial charge < -0.3 is 9.47 Å². The second kappa shape index (κ2) is 9.73. The minimum Gasteiger partial charge on any atom is -0.458 e. The molecule has 150 valence electrons. The van der Waals surface area contributed by atoms with Gasteiger partial charge in [-0.25, -0.2) is 9.59 Å². The number of rotatable bonds is 6. The first-order valence-corrected chi connectivity index (χ1v) is 9.90. The zero-order valence-electron chi connectivity index (χ0n) is 16.6. The van der Waals surface area contributed by atoms with Gasteiger partial charge >= 0.3 is 12.1 Å². The molecule has 1 unspecified atom stereocenters. The Kier molecular flexibility index (Phi) is 7.63. The van der Waals surface area contributed by atoms with E-state index in [0.717, 1.165) is 15.6 Å². The van der Waals surface area contributed by atoms with Crippen LogP contribution in [0.15, 0.2) is 59.1 Å². The summed E-state index contributed by atoms with van der Waals surface area (Å²) in [6.07, 6.45) is -0.571. The average molecular weight is 448 g/mol. The Morgan fingerprint density at radius 3 is 2.25 bits per heavy atom. The van der Waals surface area contributed by atoms with Crippen molar-refractivity contribution in [1.29, 1.82) is 0 Å². The molecule has 6 heteroatoms. The molecule has 0 radical (unpaired) electrons. The molecular formula is C22H26BrNO4. The number of esters is 1. The van der Waals surface area contributed by atoms with E-state index < -0.39 is 23.7 Å². The molecule has 0 spiro atoms. The maximum absolute atomic E-state index is 12.8. The van der Waals surface area contributed by atoms with Crippen molar-refractivity contribution in [2.24, 2.45) is 0 Å². The number of ether oxygens (including phenoxy) is 2. The lowest BCUT2D eigenvalue weighted by Crippen LogP contribution is -2.45. The van der Waals surface area contributed by atoms with E-state index in [0.29, 0.717) is 0 Å². The molecule has 1 atom stereocenters. The molecule has 2 aromatic carbocycles. The van der Waals surface area contributed by atoms with Gasteiger partial charge in [-0.05, 0) is 44.9 Å². The van der Waals surface area contributed by atoms with E-state index in [1.807, 2.05) is 54.6 Å². The fourth-order valence-corrected chi connectivity index (χ4v) is 2.90.